The zero-order valence-electron chi connectivity index (χ0n) is 13.4. The molecule has 0 unspecified atom stereocenters. The number of anilines is 1. The van der Waals surface area contributed by atoms with E-state index in [0.717, 1.165) is 10.9 Å². The molecule has 2 rings (SSSR count). The second kappa shape index (κ2) is 8.29. The summed E-state index contributed by atoms with van der Waals surface area (Å²) in [7, 11) is 0. The zero-order chi connectivity index (χ0) is 16.8. The highest BCUT2D eigenvalue weighted by Crippen LogP contribution is 2.29. The third-order valence-electron chi connectivity index (χ3n) is 4.06. The largest absolute Gasteiger partial charge is 0.462 e. The summed E-state index contributed by atoms with van der Waals surface area (Å²) in [6, 6.07) is 7.41. The smallest absolute Gasteiger partial charge is 0.310 e. The minimum absolute atomic E-state index is 0.123. The molecular weight excluding hydrogens is 358 g/mol. The monoisotopic (exact) mass is 379 g/mol. The van der Waals surface area contributed by atoms with Gasteiger partial charge in [0.1, 0.15) is 0 Å². The van der Waals surface area contributed by atoms with Crippen molar-refractivity contribution in [3.63, 3.8) is 0 Å². The van der Waals surface area contributed by atoms with Gasteiger partial charge < -0.3 is 10.1 Å². The fourth-order valence-electron chi connectivity index (χ4n) is 2.53. The third-order valence-corrected chi connectivity index (χ3v) is 4.55. The first kappa shape index (κ1) is 17.7. The Hall–Kier alpha value is -1.62. The van der Waals surface area contributed by atoms with E-state index in [9.17, 15) is 9.59 Å². The van der Waals surface area contributed by atoms with Crippen LogP contribution < -0.4 is 5.32 Å². The molecule has 0 aromatic heterocycles. The van der Waals surface area contributed by atoms with Gasteiger partial charge >= 0.3 is 5.97 Å². The van der Waals surface area contributed by atoms with Gasteiger partial charge in [0.25, 0.3) is 0 Å². The number of carbonyl (C=O) groups is 2. The molecule has 0 bridgehead atoms. The van der Waals surface area contributed by atoms with Gasteiger partial charge in [0.2, 0.25) is 5.91 Å². The van der Waals surface area contributed by atoms with E-state index in [4.69, 9.17) is 4.74 Å². The van der Waals surface area contributed by atoms with Crippen molar-refractivity contribution in [1.82, 2.24) is 0 Å². The Morgan fingerprint density at radius 3 is 2.65 bits per heavy atom. The number of rotatable bonds is 5. The van der Waals surface area contributed by atoms with Crippen LogP contribution in [0.4, 0.5) is 5.69 Å². The van der Waals surface area contributed by atoms with Crippen LogP contribution in [-0.2, 0) is 14.3 Å². The molecule has 0 spiro atoms. The van der Waals surface area contributed by atoms with Crippen molar-refractivity contribution >= 4 is 33.5 Å². The summed E-state index contributed by atoms with van der Waals surface area (Å²) >= 11 is 3.38. The molecule has 4 nitrogen and oxygen atoms in total. The highest BCUT2D eigenvalue weighted by molar-refractivity contribution is 9.10. The van der Waals surface area contributed by atoms with Gasteiger partial charge in [0.05, 0.1) is 17.9 Å². The molecule has 0 fully saturated rings. The maximum absolute atomic E-state index is 12.6. The number of amides is 1. The Labute approximate surface area is 145 Å². The van der Waals surface area contributed by atoms with Crippen molar-refractivity contribution in [2.45, 2.75) is 39.2 Å². The third kappa shape index (κ3) is 4.93. The Morgan fingerprint density at radius 1 is 1.30 bits per heavy atom. The van der Waals surface area contributed by atoms with E-state index in [1.165, 1.54) is 0 Å². The number of ether oxygens (including phenoxy) is 1. The lowest BCUT2D eigenvalue weighted by Gasteiger charge is -2.27. The predicted molar refractivity (Wildman–Crippen MR) is 94.0 cm³/mol. The average Bonchev–Trinajstić information content (AvgIpc) is 2.54. The summed E-state index contributed by atoms with van der Waals surface area (Å²) < 4.78 is 6.32. The van der Waals surface area contributed by atoms with E-state index in [1.54, 1.807) is 0 Å². The minimum atomic E-state index is -0.416. The van der Waals surface area contributed by atoms with Crippen LogP contribution in [0.5, 0.6) is 0 Å². The molecule has 124 valence electrons. The molecule has 0 saturated carbocycles. The fraction of sp³-hybridized carbons (Fsp3) is 0.444. The fourth-order valence-corrected chi connectivity index (χ4v) is 2.93. The van der Waals surface area contributed by atoms with Crippen molar-refractivity contribution in [2.24, 2.45) is 11.8 Å². The molecule has 0 aliphatic heterocycles. The lowest BCUT2D eigenvalue weighted by molar-refractivity contribution is -0.157. The molecule has 1 aliphatic rings. The van der Waals surface area contributed by atoms with Crippen LogP contribution in [-0.4, -0.2) is 18.0 Å². The summed E-state index contributed by atoms with van der Waals surface area (Å²) in [5.74, 6) is -1.23. The first-order valence-electron chi connectivity index (χ1n) is 7.93. The Balaban J connectivity index is 2.07. The van der Waals surface area contributed by atoms with Crippen LogP contribution in [0, 0.1) is 11.8 Å². The maximum Gasteiger partial charge on any atom is 0.310 e. The van der Waals surface area contributed by atoms with Crippen LogP contribution in [0.15, 0.2) is 40.9 Å². The molecule has 5 heteroatoms. The lowest BCUT2D eigenvalue weighted by atomic mass is 9.82. The van der Waals surface area contributed by atoms with Gasteiger partial charge in [-0.05, 0) is 44.4 Å². The maximum atomic E-state index is 12.6. The van der Waals surface area contributed by atoms with E-state index in [0.29, 0.717) is 18.5 Å². The summed E-state index contributed by atoms with van der Waals surface area (Å²) in [5, 5.41) is 2.89. The van der Waals surface area contributed by atoms with Gasteiger partial charge in [-0.15, -0.1) is 0 Å². The van der Waals surface area contributed by atoms with Gasteiger partial charge in [-0.25, -0.2) is 0 Å². The molecule has 1 aromatic carbocycles. The highest BCUT2D eigenvalue weighted by atomic mass is 79.9. The molecule has 1 aliphatic carbocycles. The summed E-state index contributed by atoms with van der Waals surface area (Å²) in [5.41, 5.74) is 0.716. The highest BCUT2D eigenvalue weighted by Gasteiger charge is 2.35. The quantitative estimate of drug-likeness (QED) is 0.612. The number of halogens is 1. The number of allylic oxidation sites excluding steroid dienone is 2. The first-order chi connectivity index (χ1) is 11.0. The normalized spacial score (nSPS) is 21.5. The molecular formula is C18H22BrNO3. The lowest BCUT2D eigenvalue weighted by Crippen LogP contribution is -2.36. The molecule has 1 aromatic rings. The van der Waals surface area contributed by atoms with E-state index in [2.05, 4.69) is 21.2 Å². The number of benzene rings is 1. The topological polar surface area (TPSA) is 55.4 Å². The summed E-state index contributed by atoms with van der Waals surface area (Å²) in [4.78, 5) is 24.9. The van der Waals surface area contributed by atoms with Gasteiger partial charge in [-0.3, -0.25) is 9.59 Å². The van der Waals surface area contributed by atoms with Gasteiger partial charge in [-0.2, -0.15) is 0 Å². The van der Waals surface area contributed by atoms with Gasteiger partial charge in [-0.1, -0.05) is 41.1 Å². The number of esters is 1. The SMILES string of the molecule is CC[C@@H](C)OC(=O)[C@@H]1CC=CC[C@@H]1C(=O)Nc1cccc(Br)c1. The van der Waals surface area contributed by atoms with E-state index in [-0.39, 0.29) is 18.0 Å². The van der Waals surface area contributed by atoms with Crippen LogP contribution in [0.1, 0.15) is 33.1 Å². The molecule has 1 amide bonds. The van der Waals surface area contributed by atoms with Crippen molar-refractivity contribution in [3.05, 3.63) is 40.9 Å². The van der Waals surface area contributed by atoms with Crippen LogP contribution in [0.3, 0.4) is 0 Å². The van der Waals surface area contributed by atoms with Gasteiger partial charge in [0, 0.05) is 10.2 Å². The second-order valence-electron chi connectivity index (χ2n) is 5.81. The second-order valence-corrected chi connectivity index (χ2v) is 6.73. The van der Waals surface area contributed by atoms with Crippen molar-refractivity contribution in [2.75, 3.05) is 5.32 Å². The van der Waals surface area contributed by atoms with E-state index < -0.39 is 11.8 Å². The summed E-state index contributed by atoms with van der Waals surface area (Å²) in [6.07, 6.45) is 5.65. The Bertz CT molecular complexity index is 600. The Kier molecular flexibility index (Phi) is 6.39. The number of carbonyl (C=O) groups excluding carboxylic acids is 2. The average molecular weight is 380 g/mol. The van der Waals surface area contributed by atoms with Crippen molar-refractivity contribution in [1.29, 1.82) is 0 Å². The Morgan fingerprint density at radius 2 is 2.00 bits per heavy atom. The zero-order valence-corrected chi connectivity index (χ0v) is 15.0. The van der Waals surface area contributed by atoms with Crippen LogP contribution in [0.25, 0.3) is 0 Å². The van der Waals surface area contributed by atoms with Crippen molar-refractivity contribution < 1.29 is 14.3 Å². The number of hydrogen-bond donors (Lipinski definition) is 1. The van der Waals surface area contributed by atoms with E-state index in [1.807, 2.05) is 50.3 Å². The molecule has 0 saturated heterocycles. The molecule has 23 heavy (non-hydrogen) atoms. The van der Waals surface area contributed by atoms with E-state index >= 15 is 0 Å². The molecule has 0 heterocycles. The number of nitrogens with one attached hydrogen (secondary N) is 1. The van der Waals surface area contributed by atoms with Crippen molar-refractivity contribution in [3.8, 4) is 0 Å². The predicted octanol–water partition coefficient (Wildman–Crippen LogP) is 4.31. The van der Waals surface area contributed by atoms with Gasteiger partial charge in [0.15, 0.2) is 0 Å². The molecule has 3 atom stereocenters. The summed E-state index contributed by atoms with van der Waals surface area (Å²) in [6.45, 7) is 3.84. The standard InChI is InChI=1S/C18H22BrNO3/c1-3-12(2)23-18(22)16-10-5-4-9-15(16)17(21)20-14-8-6-7-13(19)11-14/h4-8,11-12,15-16H,3,9-10H2,1-2H3,(H,20,21)/t12-,15+,16-/m1/s1. The molecule has 1 N–H and O–H groups in total. The number of hydrogen-bond acceptors (Lipinski definition) is 3. The first-order valence-corrected chi connectivity index (χ1v) is 8.72. The minimum Gasteiger partial charge on any atom is -0.462 e. The molecule has 0 radical (unpaired) electrons. The van der Waals surface area contributed by atoms with Crippen LogP contribution >= 0.6 is 15.9 Å². The van der Waals surface area contributed by atoms with Crippen LogP contribution in [0.2, 0.25) is 0 Å².